The van der Waals surface area contributed by atoms with Crippen molar-refractivity contribution in [3.8, 4) is 5.75 Å². The Morgan fingerprint density at radius 1 is 0.963 bits per heavy atom. The highest BCUT2D eigenvalue weighted by atomic mass is 32.1. The lowest BCUT2D eigenvalue weighted by Crippen LogP contribution is -2.22. The summed E-state index contributed by atoms with van der Waals surface area (Å²) in [6, 6.07) is 23.3. The van der Waals surface area contributed by atoms with Crippen molar-refractivity contribution in [2.45, 2.75) is 32.3 Å². The van der Waals surface area contributed by atoms with E-state index in [2.05, 4.69) is 79.5 Å². The third-order valence-corrected chi connectivity index (χ3v) is 6.34. The molecule has 1 aromatic heterocycles. The smallest absolute Gasteiger partial charge is 0.120 e. The van der Waals surface area contributed by atoms with Crippen molar-refractivity contribution in [3.05, 3.63) is 94.4 Å². The van der Waals surface area contributed by atoms with E-state index in [1.807, 2.05) is 17.6 Å². The second-order valence-corrected chi connectivity index (χ2v) is 7.92. The summed E-state index contributed by atoms with van der Waals surface area (Å²) in [5.74, 6) is 0.900. The minimum atomic E-state index is -0.0868. The summed E-state index contributed by atoms with van der Waals surface area (Å²) in [7, 11) is 0. The lowest BCUT2D eigenvalue weighted by Gasteiger charge is -2.27. The summed E-state index contributed by atoms with van der Waals surface area (Å²) >= 11 is 1.71. The fourth-order valence-electron chi connectivity index (χ4n) is 3.40. The fourth-order valence-corrected chi connectivity index (χ4v) is 4.29. The van der Waals surface area contributed by atoms with Crippen molar-refractivity contribution in [2.24, 2.45) is 0 Å². The summed E-state index contributed by atoms with van der Waals surface area (Å²) < 4.78 is 6.12. The van der Waals surface area contributed by atoms with Gasteiger partial charge in [-0.05, 0) is 53.4 Å². The molecule has 4 rings (SSSR count). The van der Waals surface area contributed by atoms with E-state index in [0.717, 1.165) is 17.2 Å². The molecule has 0 radical (unpaired) electrons. The predicted octanol–water partition coefficient (Wildman–Crippen LogP) is 6.59. The van der Waals surface area contributed by atoms with Gasteiger partial charge in [0.25, 0.3) is 0 Å². The van der Waals surface area contributed by atoms with E-state index in [4.69, 9.17) is 4.74 Å². The Labute approximate surface area is 164 Å². The number of hydrogen-bond donors (Lipinski definition) is 0. The molecule has 4 aromatic rings. The second kappa shape index (κ2) is 7.53. The largest absolute Gasteiger partial charge is 0.489 e. The van der Waals surface area contributed by atoms with Crippen molar-refractivity contribution in [1.82, 2.24) is 4.98 Å². The van der Waals surface area contributed by atoms with E-state index in [-0.39, 0.29) is 5.41 Å². The third-order valence-electron chi connectivity index (χ3n) is 5.30. The molecule has 0 fully saturated rings. The molecule has 0 amide bonds. The lowest BCUT2D eigenvalue weighted by atomic mass is 9.80. The summed E-state index contributed by atoms with van der Waals surface area (Å²) in [6.07, 6.45) is 2.88. The van der Waals surface area contributed by atoms with E-state index >= 15 is 0 Å². The molecule has 0 saturated carbocycles. The molecule has 2 nitrogen and oxygen atoms in total. The van der Waals surface area contributed by atoms with Crippen LogP contribution >= 0.6 is 11.3 Å². The maximum absolute atomic E-state index is 6.12. The number of nitrogens with zero attached hydrogens (tertiary/aromatic N) is 1. The van der Waals surface area contributed by atoms with Gasteiger partial charge in [-0.2, -0.15) is 0 Å². The topological polar surface area (TPSA) is 22.1 Å². The first-order valence-electron chi connectivity index (χ1n) is 9.30. The maximum Gasteiger partial charge on any atom is 0.120 e. The fraction of sp³-hybridized carbons (Fsp3) is 0.208. The summed E-state index contributed by atoms with van der Waals surface area (Å²) in [6.45, 7) is 5.03. The normalized spacial score (nSPS) is 13.4. The van der Waals surface area contributed by atoms with Crippen molar-refractivity contribution in [2.75, 3.05) is 0 Å². The van der Waals surface area contributed by atoms with Crippen LogP contribution in [0.2, 0.25) is 0 Å². The summed E-state index contributed by atoms with van der Waals surface area (Å²) in [5.41, 5.74) is 2.34. The Hall–Kier alpha value is -2.65. The molecule has 0 aliphatic rings. The minimum Gasteiger partial charge on any atom is -0.489 e. The highest BCUT2D eigenvalue weighted by molar-refractivity contribution is 7.09. The van der Waals surface area contributed by atoms with Gasteiger partial charge >= 0.3 is 0 Å². The number of ether oxygens (including phenoxy) is 1. The highest BCUT2D eigenvalue weighted by Crippen LogP contribution is 2.37. The molecule has 1 heterocycles. The van der Waals surface area contributed by atoms with Crippen LogP contribution in [-0.2, 0) is 12.0 Å². The second-order valence-electron chi connectivity index (χ2n) is 7.02. The van der Waals surface area contributed by atoms with Gasteiger partial charge in [0.2, 0.25) is 0 Å². The number of fused-ring (bicyclic) bond motifs is 1. The molecule has 0 aliphatic carbocycles. The maximum atomic E-state index is 6.12. The zero-order valence-corrected chi connectivity index (χ0v) is 16.5. The Morgan fingerprint density at radius 3 is 2.59 bits per heavy atom. The van der Waals surface area contributed by atoms with Crippen LogP contribution in [0.15, 0.2) is 78.3 Å². The number of aromatic nitrogens is 1. The van der Waals surface area contributed by atoms with Gasteiger partial charge in [-0.1, -0.05) is 55.5 Å². The average Bonchev–Trinajstić information content (AvgIpc) is 3.27. The van der Waals surface area contributed by atoms with Gasteiger partial charge in [-0.3, -0.25) is 0 Å². The van der Waals surface area contributed by atoms with Crippen LogP contribution in [0.3, 0.4) is 0 Å². The first-order chi connectivity index (χ1) is 13.2. The zero-order valence-electron chi connectivity index (χ0n) is 15.7. The minimum absolute atomic E-state index is 0.0868. The molecule has 0 spiro atoms. The summed E-state index contributed by atoms with van der Waals surface area (Å²) in [4.78, 5) is 4.57. The first kappa shape index (κ1) is 17.7. The number of hydrogen-bond acceptors (Lipinski definition) is 3. The zero-order chi connectivity index (χ0) is 18.7. The molecular weight excluding hydrogens is 350 g/mol. The van der Waals surface area contributed by atoms with Crippen molar-refractivity contribution in [1.29, 1.82) is 0 Å². The van der Waals surface area contributed by atoms with Gasteiger partial charge in [-0.15, -0.1) is 11.3 Å². The number of thiazole rings is 1. The first-order valence-corrected chi connectivity index (χ1v) is 10.2. The molecule has 0 aliphatic heterocycles. The Kier molecular flexibility index (Phi) is 4.95. The molecular formula is C24H23NOS. The molecule has 1 atom stereocenters. The van der Waals surface area contributed by atoms with E-state index in [1.54, 1.807) is 11.3 Å². The monoisotopic (exact) mass is 373 g/mol. The van der Waals surface area contributed by atoms with Crippen LogP contribution in [0.1, 0.15) is 36.4 Å². The standard InChI is InChI=1S/C24H23NOS/c1-3-24(2,23-25-13-14-27-23)21-9-6-10-22(16-21)26-17-18-11-12-19-7-4-5-8-20(19)15-18/h4-16H,3,17H2,1-2H3. The van der Waals surface area contributed by atoms with Crippen LogP contribution in [0, 0.1) is 0 Å². The predicted molar refractivity (Wildman–Crippen MR) is 114 cm³/mol. The third kappa shape index (κ3) is 3.60. The molecule has 3 heteroatoms. The quantitative estimate of drug-likeness (QED) is 0.380. The van der Waals surface area contributed by atoms with Gasteiger partial charge < -0.3 is 4.74 Å². The molecule has 1 unspecified atom stereocenters. The van der Waals surface area contributed by atoms with Gasteiger partial charge in [0.15, 0.2) is 0 Å². The van der Waals surface area contributed by atoms with Gasteiger partial charge in [0, 0.05) is 17.0 Å². The summed E-state index contributed by atoms with van der Waals surface area (Å²) in [5, 5.41) is 5.69. The van der Waals surface area contributed by atoms with E-state index in [9.17, 15) is 0 Å². The molecule has 136 valence electrons. The Bertz CT molecular complexity index is 1040. The highest BCUT2D eigenvalue weighted by Gasteiger charge is 2.29. The molecule has 0 saturated heterocycles. The van der Waals surface area contributed by atoms with Crippen LogP contribution in [-0.4, -0.2) is 4.98 Å². The van der Waals surface area contributed by atoms with Crippen molar-refractivity contribution in [3.63, 3.8) is 0 Å². The number of rotatable bonds is 6. The van der Waals surface area contributed by atoms with Crippen LogP contribution in [0.25, 0.3) is 10.8 Å². The van der Waals surface area contributed by atoms with Crippen molar-refractivity contribution >= 4 is 22.1 Å². The van der Waals surface area contributed by atoms with Gasteiger partial charge in [0.1, 0.15) is 17.4 Å². The van der Waals surface area contributed by atoms with Gasteiger partial charge in [0.05, 0.1) is 0 Å². The van der Waals surface area contributed by atoms with Crippen LogP contribution in [0.4, 0.5) is 0 Å². The molecule has 3 aromatic carbocycles. The molecule has 0 bridgehead atoms. The molecule has 0 N–H and O–H groups in total. The SMILES string of the molecule is CCC(C)(c1cccc(OCc2ccc3ccccc3c2)c1)c1nccs1. The van der Waals surface area contributed by atoms with Crippen LogP contribution in [0.5, 0.6) is 5.75 Å². The van der Waals surface area contributed by atoms with E-state index in [1.165, 1.54) is 21.9 Å². The van der Waals surface area contributed by atoms with E-state index < -0.39 is 0 Å². The average molecular weight is 374 g/mol. The number of benzene rings is 3. The Balaban J connectivity index is 1.55. The van der Waals surface area contributed by atoms with Crippen LogP contribution < -0.4 is 4.74 Å². The van der Waals surface area contributed by atoms with E-state index in [0.29, 0.717) is 6.61 Å². The van der Waals surface area contributed by atoms with Gasteiger partial charge in [-0.25, -0.2) is 4.98 Å². The lowest BCUT2D eigenvalue weighted by molar-refractivity contribution is 0.305. The molecule has 27 heavy (non-hydrogen) atoms. The Morgan fingerprint density at radius 2 is 1.81 bits per heavy atom. The van der Waals surface area contributed by atoms with Crippen molar-refractivity contribution < 1.29 is 4.74 Å².